The molecule has 2 atom stereocenters. The number of nitrogens with zero attached hydrogens (tertiary/aromatic N) is 6. The number of hydrogen-bond acceptors (Lipinski definition) is 7. The highest BCUT2D eigenvalue weighted by atomic mass is 32.1. The number of hydrogen-bond donors (Lipinski definition) is 0. The molecule has 6 heterocycles. The number of piperidine rings is 1. The lowest BCUT2D eigenvalue weighted by atomic mass is 9.94. The predicted octanol–water partition coefficient (Wildman–Crippen LogP) is 2.42. The highest BCUT2D eigenvalue weighted by Gasteiger charge is 2.41. The second kappa shape index (κ2) is 6.53. The molecule has 3 aromatic heterocycles. The molecule has 138 valence electrons. The van der Waals surface area contributed by atoms with Gasteiger partial charge in [0.2, 0.25) is 5.91 Å². The van der Waals surface area contributed by atoms with E-state index in [1.54, 1.807) is 17.7 Å². The largest absolute Gasteiger partial charge is 0.352 e. The molecule has 8 heteroatoms. The SMILES string of the molecule is Cc1ccc2ncnc(N3C[C@@H]4CC[C@H](C3)N(Cc3cscn3)C4=O)c2n1. The Hall–Kier alpha value is -2.61. The standard InChI is InChI=1S/C19H20N6OS/c1-12-2-5-16-17(23-12)18(21-10-20-16)24-6-13-3-4-15(8-24)25(19(13)26)7-14-9-27-11-22-14/h2,5,9-11,13,15H,3-4,6-8H2,1H3/t13-,15+/m0/s1. The monoisotopic (exact) mass is 380 g/mol. The number of thiazole rings is 1. The number of carbonyl (C=O) groups excluding carboxylic acids is 1. The Bertz CT molecular complexity index is 991. The molecule has 1 amide bonds. The second-order valence-electron chi connectivity index (χ2n) is 7.30. The van der Waals surface area contributed by atoms with Gasteiger partial charge in [-0.3, -0.25) is 4.79 Å². The first kappa shape index (κ1) is 16.6. The van der Waals surface area contributed by atoms with E-state index >= 15 is 0 Å². The highest BCUT2D eigenvalue weighted by Crippen LogP contribution is 2.33. The summed E-state index contributed by atoms with van der Waals surface area (Å²) < 4.78 is 0. The minimum absolute atomic E-state index is 0.00258. The maximum Gasteiger partial charge on any atom is 0.228 e. The van der Waals surface area contributed by atoms with Gasteiger partial charge in [0.15, 0.2) is 5.82 Å². The van der Waals surface area contributed by atoms with Crippen LogP contribution in [0, 0.1) is 12.8 Å². The van der Waals surface area contributed by atoms with Crippen LogP contribution >= 0.6 is 11.3 Å². The average Bonchev–Trinajstić information content (AvgIpc) is 3.04. The number of anilines is 1. The van der Waals surface area contributed by atoms with Gasteiger partial charge in [-0.25, -0.2) is 19.9 Å². The fourth-order valence-electron chi connectivity index (χ4n) is 4.17. The lowest BCUT2D eigenvalue weighted by Gasteiger charge is -2.35. The van der Waals surface area contributed by atoms with Crippen molar-refractivity contribution in [1.82, 2.24) is 24.8 Å². The summed E-state index contributed by atoms with van der Waals surface area (Å²) in [6.07, 6.45) is 3.55. The van der Waals surface area contributed by atoms with Crippen LogP contribution in [-0.4, -0.2) is 49.9 Å². The van der Waals surface area contributed by atoms with Crippen LogP contribution in [0.2, 0.25) is 0 Å². The van der Waals surface area contributed by atoms with Gasteiger partial charge in [-0.1, -0.05) is 0 Å². The molecule has 7 nitrogen and oxygen atoms in total. The normalized spacial score (nSPS) is 22.5. The summed E-state index contributed by atoms with van der Waals surface area (Å²) in [4.78, 5) is 35.2. The van der Waals surface area contributed by atoms with Crippen molar-refractivity contribution in [3.63, 3.8) is 0 Å². The van der Waals surface area contributed by atoms with E-state index in [-0.39, 0.29) is 17.9 Å². The maximum absolute atomic E-state index is 13.1. The van der Waals surface area contributed by atoms with Crippen LogP contribution in [0.3, 0.4) is 0 Å². The average molecular weight is 380 g/mol. The molecular formula is C19H20N6OS. The van der Waals surface area contributed by atoms with Crippen LogP contribution in [-0.2, 0) is 11.3 Å². The molecule has 0 aliphatic carbocycles. The number of pyridine rings is 1. The van der Waals surface area contributed by atoms with Crippen molar-refractivity contribution in [2.45, 2.75) is 32.4 Å². The minimum Gasteiger partial charge on any atom is -0.352 e. The van der Waals surface area contributed by atoms with Crippen LogP contribution < -0.4 is 4.90 Å². The Morgan fingerprint density at radius 1 is 1.19 bits per heavy atom. The van der Waals surface area contributed by atoms with Crippen molar-refractivity contribution >= 4 is 34.1 Å². The van der Waals surface area contributed by atoms with E-state index in [0.29, 0.717) is 13.1 Å². The number of fused-ring (bicyclic) bond motifs is 5. The highest BCUT2D eigenvalue weighted by molar-refractivity contribution is 7.07. The van der Waals surface area contributed by atoms with Crippen LogP contribution in [0.1, 0.15) is 24.2 Å². The van der Waals surface area contributed by atoms with E-state index in [2.05, 4.69) is 24.8 Å². The lowest BCUT2D eigenvalue weighted by Crippen LogP contribution is -2.47. The van der Waals surface area contributed by atoms with Gasteiger partial charge in [-0.2, -0.15) is 0 Å². The summed E-state index contributed by atoms with van der Waals surface area (Å²) in [6.45, 7) is 4.03. The fraction of sp³-hybridized carbons (Fsp3) is 0.421. The van der Waals surface area contributed by atoms with Gasteiger partial charge in [0.1, 0.15) is 11.8 Å². The summed E-state index contributed by atoms with van der Waals surface area (Å²) in [7, 11) is 0. The summed E-state index contributed by atoms with van der Waals surface area (Å²) in [5.41, 5.74) is 5.39. The molecule has 0 saturated carbocycles. The van der Waals surface area contributed by atoms with E-state index in [1.165, 1.54) is 0 Å². The Morgan fingerprint density at radius 3 is 2.96 bits per heavy atom. The van der Waals surface area contributed by atoms with Crippen LogP contribution in [0.25, 0.3) is 11.0 Å². The van der Waals surface area contributed by atoms with Crippen molar-refractivity contribution in [2.75, 3.05) is 18.0 Å². The van der Waals surface area contributed by atoms with Gasteiger partial charge < -0.3 is 9.80 Å². The smallest absolute Gasteiger partial charge is 0.228 e. The van der Waals surface area contributed by atoms with Gasteiger partial charge in [0.25, 0.3) is 0 Å². The third kappa shape index (κ3) is 2.93. The summed E-state index contributed by atoms with van der Waals surface area (Å²) in [6, 6.07) is 4.12. The number of carbonyl (C=O) groups is 1. The van der Waals surface area contributed by atoms with Crippen molar-refractivity contribution < 1.29 is 4.79 Å². The molecule has 3 aliphatic heterocycles. The van der Waals surface area contributed by atoms with E-state index in [1.807, 2.05) is 34.8 Å². The molecule has 0 spiro atoms. The third-order valence-electron chi connectivity index (χ3n) is 5.51. The van der Waals surface area contributed by atoms with E-state index < -0.39 is 0 Å². The van der Waals surface area contributed by atoms with Gasteiger partial charge in [-0.15, -0.1) is 11.3 Å². The Kier molecular flexibility index (Phi) is 4.00. The van der Waals surface area contributed by atoms with Gasteiger partial charge in [0.05, 0.1) is 29.2 Å². The van der Waals surface area contributed by atoms with Gasteiger partial charge in [-0.05, 0) is 31.9 Å². The summed E-state index contributed by atoms with van der Waals surface area (Å²) in [5, 5.41) is 2.02. The molecule has 2 bridgehead atoms. The van der Waals surface area contributed by atoms with Crippen LogP contribution in [0.15, 0.2) is 29.4 Å². The third-order valence-corrected chi connectivity index (χ3v) is 6.15. The van der Waals surface area contributed by atoms with E-state index in [0.717, 1.165) is 47.6 Å². The van der Waals surface area contributed by atoms with Crippen molar-refractivity contribution in [1.29, 1.82) is 0 Å². The zero-order chi connectivity index (χ0) is 18.4. The molecule has 0 radical (unpaired) electrons. The van der Waals surface area contributed by atoms with Crippen molar-refractivity contribution in [3.8, 4) is 0 Å². The van der Waals surface area contributed by atoms with Crippen molar-refractivity contribution in [2.24, 2.45) is 5.92 Å². The Morgan fingerprint density at radius 2 is 2.11 bits per heavy atom. The molecule has 0 unspecified atom stereocenters. The quantitative estimate of drug-likeness (QED) is 0.695. The zero-order valence-corrected chi connectivity index (χ0v) is 15.9. The Balaban J connectivity index is 1.50. The number of aromatic nitrogens is 4. The molecule has 0 aromatic carbocycles. The second-order valence-corrected chi connectivity index (χ2v) is 8.02. The zero-order valence-electron chi connectivity index (χ0n) is 15.1. The maximum atomic E-state index is 13.1. The van der Waals surface area contributed by atoms with Crippen LogP contribution in [0.5, 0.6) is 0 Å². The molecule has 3 aromatic rings. The molecule has 3 aliphatic rings. The van der Waals surface area contributed by atoms with Crippen LogP contribution in [0.4, 0.5) is 5.82 Å². The van der Waals surface area contributed by atoms with E-state index in [9.17, 15) is 4.79 Å². The molecule has 3 saturated heterocycles. The fourth-order valence-corrected chi connectivity index (χ4v) is 4.72. The molecular weight excluding hydrogens is 360 g/mol. The number of rotatable bonds is 3. The molecule has 6 rings (SSSR count). The topological polar surface area (TPSA) is 75.1 Å². The molecule has 0 N–H and O–H groups in total. The van der Waals surface area contributed by atoms with Crippen molar-refractivity contribution in [3.05, 3.63) is 40.7 Å². The molecule has 3 fully saturated rings. The van der Waals surface area contributed by atoms with Gasteiger partial charge in [0, 0.05) is 30.2 Å². The minimum atomic E-state index is -0.00258. The Labute approximate surface area is 161 Å². The summed E-state index contributed by atoms with van der Waals surface area (Å²) >= 11 is 1.57. The van der Waals surface area contributed by atoms with E-state index in [4.69, 9.17) is 0 Å². The molecule has 27 heavy (non-hydrogen) atoms. The lowest BCUT2D eigenvalue weighted by molar-refractivity contribution is -0.140. The number of aryl methyl sites for hydroxylation is 1. The summed E-state index contributed by atoms with van der Waals surface area (Å²) in [5.74, 6) is 1.07. The first-order valence-corrected chi connectivity index (χ1v) is 10.1. The van der Waals surface area contributed by atoms with Gasteiger partial charge >= 0.3 is 0 Å². The first-order chi connectivity index (χ1) is 13.2. The number of amides is 1. The first-order valence-electron chi connectivity index (χ1n) is 9.20. The predicted molar refractivity (Wildman–Crippen MR) is 103 cm³/mol.